The molecule has 0 bridgehead atoms. The van der Waals surface area contributed by atoms with E-state index in [2.05, 4.69) is 26.6 Å². The Morgan fingerprint density at radius 3 is 2.43 bits per heavy atom. The molecule has 35 heavy (non-hydrogen) atoms. The fourth-order valence-electron chi connectivity index (χ4n) is 3.89. The Balaban J connectivity index is 1.41. The van der Waals surface area contributed by atoms with Crippen LogP contribution in [0, 0.1) is 20.8 Å². The van der Waals surface area contributed by atoms with Crippen molar-refractivity contribution in [1.82, 2.24) is 29.4 Å². The predicted octanol–water partition coefficient (Wildman–Crippen LogP) is 3.51. The van der Waals surface area contributed by atoms with Gasteiger partial charge in [-0.15, -0.1) is 0 Å². The molecule has 4 rings (SSSR count). The zero-order valence-electron chi connectivity index (χ0n) is 20.2. The second-order valence-corrected chi connectivity index (χ2v) is 10.1. The van der Waals surface area contributed by atoms with Crippen molar-refractivity contribution in [3.63, 3.8) is 0 Å². The van der Waals surface area contributed by atoms with Gasteiger partial charge in [0.15, 0.2) is 5.65 Å². The molecule has 0 atom stereocenters. The lowest BCUT2D eigenvalue weighted by molar-refractivity contribution is 0.246. The van der Waals surface area contributed by atoms with E-state index in [1.54, 1.807) is 18.3 Å². The Labute approximate surface area is 204 Å². The van der Waals surface area contributed by atoms with Crippen molar-refractivity contribution in [3.05, 3.63) is 77.1 Å². The molecular formula is C25H28N6O3S. The van der Waals surface area contributed by atoms with E-state index in [1.165, 1.54) is 12.1 Å². The van der Waals surface area contributed by atoms with Crippen LogP contribution >= 0.6 is 0 Å². The fourth-order valence-corrected chi connectivity index (χ4v) is 4.82. The molecule has 0 radical (unpaired) electrons. The number of benzene rings is 1. The van der Waals surface area contributed by atoms with E-state index in [1.807, 2.05) is 43.8 Å². The maximum Gasteiger partial charge on any atom is 0.328 e. The Bertz CT molecular complexity index is 1480. The van der Waals surface area contributed by atoms with Crippen LogP contribution in [0.5, 0.6) is 0 Å². The number of carbonyl (C=O) groups excluding carboxylic acids is 1. The van der Waals surface area contributed by atoms with Crippen LogP contribution in [0.1, 0.15) is 35.3 Å². The molecule has 0 aliphatic rings. The monoisotopic (exact) mass is 492 g/mol. The minimum absolute atomic E-state index is 0.0375. The summed E-state index contributed by atoms with van der Waals surface area (Å²) < 4.78 is 28.8. The van der Waals surface area contributed by atoms with Gasteiger partial charge in [-0.05, 0) is 51.5 Å². The maximum atomic E-state index is 12.3. The third kappa shape index (κ3) is 5.32. The summed E-state index contributed by atoms with van der Waals surface area (Å²) in [6, 6.07) is 9.39. The molecule has 0 saturated heterocycles. The summed E-state index contributed by atoms with van der Waals surface area (Å²) in [6.07, 6.45) is 5.01. The van der Waals surface area contributed by atoms with Crippen molar-refractivity contribution in [2.24, 2.45) is 0 Å². The smallest absolute Gasteiger partial charge is 0.328 e. The van der Waals surface area contributed by atoms with Crippen LogP contribution in [0.25, 0.3) is 16.9 Å². The number of sulfonamides is 1. The average molecular weight is 493 g/mol. The zero-order chi connectivity index (χ0) is 25.2. The second-order valence-electron chi connectivity index (χ2n) is 8.38. The van der Waals surface area contributed by atoms with E-state index in [0.717, 1.165) is 51.7 Å². The summed E-state index contributed by atoms with van der Waals surface area (Å²) in [5.41, 5.74) is 7.24. The van der Waals surface area contributed by atoms with Gasteiger partial charge in [0.2, 0.25) is 0 Å². The van der Waals surface area contributed by atoms with Gasteiger partial charge in [0, 0.05) is 36.6 Å². The number of pyridine rings is 1. The lowest BCUT2D eigenvalue weighted by Gasteiger charge is -2.09. The molecule has 2 amide bonds. The van der Waals surface area contributed by atoms with E-state index >= 15 is 0 Å². The van der Waals surface area contributed by atoms with Gasteiger partial charge in [0.1, 0.15) is 0 Å². The number of nitrogens with one attached hydrogen (secondary N) is 2. The van der Waals surface area contributed by atoms with Gasteiger partial charge in [-0.1, -0.05) is 24.6 Å². The standard InChI is InChI=1S/C25H28N6O3S/c1-5-22-23(31-15-17(3)28-18(4)24(31)29-22)19-8-9-20(27-14-19)12-13-26-25(32)30-35(33,34)21-10-6-16(2)7-11-21/h6-11,14-15H,5,12-13H2,1-4H3,(H2,26,30,32). The quantitative estimate of drug-likeness (QED) is 0.408. The molecule has 9 nitrogen and oxygen atoms in total. The first-order valence-corrected chi connectivity index (χ1v) is 12.8. The number of rotatable bonds is 7. The molecule has 0 unspecified atom stereocenters. The first kappa shape index (κ1) is 24.3. The number of carbonyl (C=O) groups is 1. The lowest BCUT2D eigenvalue weighted by Crippen LogP contribution is -2.40. The fraction of sp³-hybridized carbons (Fsp3) is 0.280. The lowest BCUT2D eigenvalue weighted by atomic mass is 10.1. The van der Waals surface area contributed by atoms with Crippen molar-refractivity contribution in [2.75, 3.05) is 6.54 Å². The molecule has 0 fully saturated rings. The molecule has 1 aromatic carbocycles. The van der Waals surface area contributed by atoms with E-state index in [4.69, 9.17) is 4.98 Å². The molecular weight excluding hydrogens is 464 g/mol. The predicted molar refractivity (Wildman–Crippen MR) is 134 cm³/mol. The Morgan fingerprint density at radius 2 is 1.77 bits per heavy atom. The number of amides is 2. The summed E-state index contributed by atoms with van der Waals surface area (Å²) >= 11 is 0. The highest BCUT2D eigenvalue weighted by molar-refractivity contribution is 7.90. The number of aryl methyl sites for hydroxylation is 4. The Morgan fingerprint density at radius 1 is 1.03 bits per heavy atom. The molecule has 0 spiro atoms. The largest absolute Gasteiger partial charge is 0.337 e. The van der Waals surface area contributed by atoms with E-state index < -0.39 is 16.1 Å². The first-order valence-electron chi connectivity index (χ1n) is 11.4. The third-order valence-corrected chi connectivity index (χ3v) is 6.97. The maximum absolute atomic E-state index is 12.3. The summed E-state index contributed by atoms with van der Waals surface area (Å²) in [7, 11) is -3.92. The summed E-state index contributed by atoms with van der Waals surface area (Å²) in [5.74, 6) is 0. The number of imidazole rings is 1. The zero-order valence-corrected chi connectivity index (χ0v) is 21.0. The van der Waals surface area contributed by atoms with E-state index in [-0.39, 0.29) is 11.4 Å². The number of urea groups is 1. The topological polar surface area (TPSA) is 118 Å². The number of fused-ring (bicyclic) bond motifs is 1. The van der Waals surface area contributed by atoms with Crippen molar-refractivity contribution in [2.45, 2.75) is 45.4 Å². The first-order chi connectivity index (χ1) is 16.7. The minimum Gasteiger partial charge on any atom is -0.337 e. The molecule has 2 N–H and O–H groups in total. The molecule has 10 heteroatoms. The minimum atomic E-state index is -3.92. The van der Waals surface area contributed by atoms with Crippen LogP contribution in [0.3, 0.4) is 0 Å². The molecule has 3 aromatic heterocycles. The molecule has 0 aliphatic heterocycles. The molecule has 0 aliphatic carbocycles. The van der Waals surface area contributed by atoms with E-state index in [9.17, 15) is 13.2 Å². The Kier molecular flexibility index (Phi) is 6.83. The van der Waals surface area contributed by atoms with Gasteiger partial charge < -0.3 is 5.32 Å². The number of nitrogens with zero attached hydrogens (tertiary/aromatic N) is 4. The molecule has 3 heterocycles. The second kappa shape index (κ2) is 9.83. The van der Waals surface area contributed by atoms with Crippen LogP contribution in [0.15, 0.2) is 53.7 Å². The van der Waals surface area contributed by atoms with Crippen LogP contribution in [0.4, 0.5) is 4.79 Å². The van der Waals surface area contributed by atoms with Gasteiger partial charge in [-0.25, -0.2) is 22.9 Å². The van der Waals surface area contributed by atoms with Crippen LogP contribution in [0.2, 0.25) is 0 Å². The third-order valence-electron chi connectivity index (χ3n) is 5.63. The highest BCUT2D eigenvalue weighted by Crippen LogP contribution is 2.26. The summed E-state index contributed by atoms with van der Waals surface area (Å²) in [6.45, 7) is 8.07. The Hall–Kier alpha value is -3.79. The summed E-state index contributed by atoms with van der Waals surface area (Å²) in [5, 5.41) is 2.58. The van der Waals surface area contributed by atoms with Crippen LogP contribution in [-0.2, 0) is 22.9 Å². The number of aromatic nitrogens is 4. The van der Waals surface area contributed by atoms with Crippen LogP contribution in [-0.4, -0.2) is 40.3 Å². The van der Waals surface area contributed by atoms with Crippen molar-refractivity contribution in [1.29, 1.82) is 0 Å². The van der Waals surface area contributed by atoms with Gasteiger partial charge in [-0.2, -0.15) is 0 Å². The van der Waals surface area contributed by atoms with Gasteiger partial charge in [-0.3, -0.25) is 14.4 Å². The highest BCUT2D eigenvalue weighted by Gasteiger charge is 2.18. The van der Waals surface area contributed by atoms with Gasteiger partial charge in [0.25, 0.3) is 10.0 Å². The van der Waals surface area contributed by atoms with Crippen molar-refractivity contribution < 1.29 is 13.2 Å². The average Bonchev–Trinajstić information content (AvgIpc) is 3.18. The SMILES string of the molecule is CCc1nc2c(C)nc(C)cn2c1-c1ccc(CCNC(=O)NS(=O)(=O)c2ccc(C)cc2)nc1. The molecule has 182 valence electrons. The highest BCUT2D eigenvalue weighted by atomic mass is 32.2. The summed E-state index contributed by atoms with van der Waals surface area (Å²) in [4.78, 5) is 26.0. The van der Waals surface area contributed by atoms with Crippen molar-refractivity contribution >= 4 is 21.7 Å². The van der Waals surface area contributed by atoms with Crippen molar-refractivity contribution in [3.8, 4) is 11.3 Å². The number of hydrogen-bond donors (Lipinski definition) is 2. The normalized spacial score (nSPS) is 11.5. The van der Waals surface area contributed by atoms with Crippen LogP contribution < -0.4 is 10.0 Å². The van der Waals surface area contributed by atoms with Gasteiger partial charge >= 0.3 is 6.03 Å². The number of hydrogen-bond acceptors (Lipinski definition) is 6. The van der Waals surface area contributed by atoms with E-state index in [0.29, 0.717) is 6.42 Å². The molecule has 0 saturated carbocycles. The molecule has 4 aromatic rings. The van der Waals surface area contributed by atoms with Gasteiger partial charge in [0.05, 0.1) is 27.7 Å².